The molecule has 0 aliphatic rings. The minimum absolute atomic E-state index is 0. The van der Waals surface area contributed by atoms with Gasteiger partial charge < -0.3 is 0 Å². The number of aromatic nitrogens is 3. The van der Waals surface area contributed by atoms with E-state index in [-0.39, 0.29) is 20.1 Å². The van der Waals surface area contributed by atoms with Gasteiger partial charge in [0.1, 0.15) is 0 Å². The van der Waals surface area contributed by atoms with Crippen LogP contribution in [0.25, 0.3) is 5.52 Å². The van der Waals surface area contributed by atoms with Crippen LogP contribution in [0, 0.1) is 0 Å². The normalized spacial score (nSPS) is 9.55. The molecule has 2 aromatic heterocycles. The zero-order chi connectivity index (χ0) is 6.97. The fraction of sp³-hybridized carbons (Fsp3) is 0.143. The van der Waals surface area contributed by atoms with E-state index in [9.17, 15) is 0 Å². The van der Waals surface area contributed by atoms with Crippen molar-refractivity contribution >= 4 is 5.52 Å². The molecule has 0 amide bonds. The smallest absolute Gasteiger partial charge is 0.224 e. The van der Waals surface area contributed by atoms with Gasteiger partial charge in [0.25, 0.3) is 0 Å². The van der Waals surface area contributed by atoms with E-state index in [4.69, 9.17) is 0 Å². The van der Waals surface area contributed by atoms with Gasteiger partial charge in [-0.05, 0) is 6.07 Å². The van der Waals surface area contributed by atoms with Gasteiger partial charge in [0.2, 0.25) is 11.8 Å². The van der Waals surface area contributed by atoms with Gasteiger partial charge in [-0.1, -0.05) is 0 Å². The van der Waals surface area contributed by atoms with E-state index in [2.05, 4.69) is 5.10 Å². The molecule has 0 atom stereocenters. The van der Waals surface area contributed by atoms with Crippen LogP contribution in [-0.4, -0.2) is 14.2 Å². The van der Waals surface area contributed by atoms with Crippen molar-refractivity contribution in [2.75, 3.05) is 0 Å². The van der Waals surface area contributed by atoms with Crippen LogP contribution in [0.3, 0.4) is 0 Å². The summed E-state index contributed by atoms with van der Waals surface area (Å²) in [7, 11) is 1.98. The molecular formula is C7H8IrN3+. The molecule has 2 aromatic rings. The maximum atomic E-state index is 4.10. The average molecular weight is 326 g/mol. The van der Waals surface area contributed by atoms with Crippen LogP contribution in [0.5, 0.6) is 0 Å². The molecule has 0 aliphatic heterocycles. The number of rotatable bonds is 0. The molecule has 11 heavy (non-hydrogen) atoms. The van der Waals surface area contributed by atoms with Crippen LogP contribution < -0.4 is 0 Å². The van der Waals surface area contributed by atoms with Crippen LogP contribution in [0.15, 0.2) is 30.9 Å². The summed E-state index contributed by atoms with van der Waals surface area (Å²) in [5.74, 6) is 0. The number of aryl methyl sites for hydroxylation is 1. The van der Waals surface area contributed by atoms with Crippen LogP contribution >= 0.6 is 0 Å². The Labute approximate surface area is 78.0 Å². The molecule has 0 unspecified atom stereocenters. The van der Waals surface area contributed by atoms with Gasteiger partial charge in [0.05, 0.1) is 6.20 Å². The van der Waals surface area contributed by atoms with Crippen molar-refractivity contribution in [1.29, 1.82) is 0 Å². The molecule has 3 nitrogen and oxygen atoms in total. The van der Waals surface area contributed by atoms with E-state index in [1.54, 1.807) is 6.20 Å². The van der Waals surface area contributed by atoms with Crippen molar-refractivity contribution < 1.29 is 20.1 Å². The number of hydrogen-bond donors (Lipinski definition) is 0. The van der Waals surface area contributed by atoms with E-state index >= 15 is 0 Å². The van der Waals surface area contributed by atoms with Crippen molar-refractivity contribution in [3.05, 3.63) is 30.9 Å². The van der Waals surface area contributed by atoms with Gasteiger partial charge in [-0.25, -0.2) is 4.57 Å². The summed E-state index contributed by atoms with van der Waals surface area (Å²) in [5.41, 5.74) is 1.12. The zero-order valence-electron chi connectivity index (χ0n) is 6.06. The summed E-state index contributed by atoms with van der Waals surface area (Å²) in [4.78, 5) is 0. The van der Waals surface area contributed by atoms with Gasteiger partial charge in [-0.15, -0.1) is 9.61 Å². The van der Waals surface area contributed by atoms with Crippen LogP contribution in [0.4, 0.5) is 0 Å². The van der Waals surface area contributed by atoms with Crippen LogP contribution in [-0.2, 0) is 27.2 Å². The molecule has 1 radical (unpaired) electrons. The van der Waals surface area contributed by atoms with Gasteiger partial charge in [-0.3, -0.25) is 0 Å². The Morgan fingerprint density at radius 3 is 3.09 bits per heavy atom. The molecule has 0 spiro atoms. The van der Waals surface area contributed by atoms with Gasteiger partial charge in [0.15, 0.2) is 6.20 Å². The van der Waals surface area contributed by atoms with E-state index in [1.807, 2.05) is 40.8 Å². The second kappa shape index (κ2) is 3.11. The molecular weight excluding hydrogens is 318 g/mol. The first-order chi connectivity index (χ1) is 4.86. The predicted molar refractivity (Wildman–Crippen MR) is 38.6 cm³/mol. The second-order valence-electron chi connectivity index (χ2n) is 2.30. The zero-order valence-corrected chi connectivity index (χ0v) is 8.46. The molecule has 0 aromatic carbocycles. The number of fused-ring (bicyclic) bond motifs is 1. The molecule has 0 saturated carbocycles. The first-order valence-electron chi connectivity index (χ1n) is 3.15. The van der Waals surface area contributed by atoms with Crippen molar-refractivity contribution in [3.8, 4) is 0 Å². The predicted octanol–water partition coefficient (Wildman–Crippen LogP) is 0.951. The van der Waals surface area contributed by atoms with Crippen molar-refractivity contribution in [3.63, 3.8) is 0 Å². The second-order valence-corrected chi connectivity index (χ2v) is 2.30. The summed E-state index contributed by atoms with van der Waals surface area (Å²) in [6.45, 7) is 0. The largest absolute Gasteiger partial charge is 0.228 e. The van der Waals surface area contributed by atoms with Crippen LogP contribution in [0.2, 0.25) is 0 Å². The third-order valence-corrected chi connectivity index (χ3v) is 1.44. The third kappa shape index (κ3) is 1.47. The van der Waals surface area contributed by atoms with E-state index in [0.717, 1.165) is 5.52 Å². The maximum Gasteiger partial charge on any atom is 0.228 e. The van der Waals surface area contributed by atoms with Crippen molar-refractivity contribution in [2.24, 2.45) is 7.05 Å². The van der Waals surface area contributed by atoms with Crippen LogP contribution in [0.1, 0.15) is 0 Å². The average Bonchev–Trinajstić information content (AvgIpc) is 2.27. The van der Waals surface area contributed by atoms with Crippen molar-refractivity contribution in [2.45, 2.75) is 0 Å². The number of hydrogen-bond acceptors (Lipinski definition) is 1. The fourth-order valence-corrected chi connectivity index (χ4v) is 1.01. The SMILES string of the molecule is Cn1cc2cccnn2[cH+]1.[Ir]. The molecule has 2 rings (SSSR count). The van der Waals surface area contributed by atoms with E-state index in [0.29, 0.717) is 0 Å². The molecule has 0 aliphatic carbocycles. The maximum absolute atomic E-state index is 4.10. The first-order valence-corrected chi connectivity index (χ1v) is 3.15. The molecule has 0 saturated heterocycles. The third-order valence-electron chi connectivity index (χ3n) is 1.44. The molecule has 0 fully saturated rings. The van der Waals surface area contributed by atoms with Gasteiger partial charge >= 0.3 is 0 Å². The Kier molecular flexibility index (Phi) is 2.37. The standard InChI is InChI=1S/C7H8N3.Ir/c1-9-5-7-3-2-4-8-10(7)6-9;/h2-6H,1H3;/q+1;. The number of imidazole rings is 1. The van der Waals surface area contributed by atoms with Gasteiger partial charge in [-0.2, -0.15) is 0 Å². The topological polar surface area (TPSA) is 22.2 Å². The van der Waals surface area contributed by atoms with Crippen molar-refractivity contribution in [1.82, 2.24) is 14.2 Å². The first kappa shape index (κ1) is 8.37. The van der Waals surface area contributed by atoms with Gasteiger partial charge in [0, 0.05) is 33.2 Å². The molecule has 2 heterocycles. The Hall–Kier alpha value is -0.731. The Bertz CT molecular complexity index is 322. The summed E-state index contributed by atoms with van der Waals surface area (Å²) >= 11 is 0. The summed E-state index contributed by atoms with van der Waals surface area (Å²) in [6, 6.07) is 3.95. The number of nitrogens with zero attached hydrogens (tertiary/aromatic N) is 3. The summed E-state index contributed by atoms with van der Waals surface area (Å²) in [6.07, 6.45) is 5.72. The molecule has 0 N–H and O–H groups in total. The molecule has 59 valence electrons. The molecule has 0 bridgehead atoms. The summed E-state index contributed by atoms with van der Waals surface area (Å²) in [5, 5.41) is 4.10. The Morgan fingerprint density at radius 1 is 1.55 bits per heavy atom. The Morgan fingerprint density at radius 2 is 2.36 bits per heavy atom. The molecule has 4 heteroatoms. The minimum atomic E-state index is 0. The monoisotopic (exact) mass is 327 g/mol. The fourth-order valence-electron chi connectivity index (χ4n) is 1.01. The summed E-state index contributed by atoms with van der Waals surface area (Å²) < 4.78 is 3.81. The van der Waals surface area contributed by atoms with E-state index < -0.39 is 0 Å². The Balaban J connectivity index is 0.000000605. The minimum Gasteiger partial charge on any atom is -0.224 e. The van der Waals surface area contributed by atoms with E-state index in [1.165, 1.54) is 0 Å². The quantitative estimate of drug-likeness (QED) is 0.661.